The third kappa shape index (κ3) is 3.58. The standard InChI is InChI=1S/C22H31N3O4S2/c1-14-12-15(2)17(4)20(16(14)3)31(28,29)24-10-8-23(9-11-24)21(27)18-13-30-22(5)7-6-19(26)25(18)22/h12,18H,6-11,13H2,1-5H3/t18-,22-/m0/s1. The molecule has 9 heteroatoms. The second-order valence-electron chi connectivity index (χ2n) is 9.08. The fourth-order valence-corrected chi connectivity index (χ4v) is 8.48. The summed E-state index contributed by atoms with van der Waals surface area (Å²) >= 11 is 1.68. The SMILES string of the molecule is Cc1cc(C)c(C)c(S(=O)(=O)N2CCN(C(=O)[C@@H]3CS[C@@]4(C)CCC(=O)N34)CC2)c1C. The van der Waals surface area contributed by atoms with Crippen LogP contribution in [0.15, 0.2) is 11.0 Å². The molecular formula is C22H31N3O4S2. The largest absolute Gasteiger partial charge is 0.338 e. The molecule has 3 aliphatic rings. The Bertz CT molecular complexity index is 1020. The van der Waals surface area contributed by atoms with E-state index in [0.29, 0.717) is 30.2 Å². The van der Waals surface area contributed by atoms with Crippen molar-refractivity contribution in [3.8, 4) is 0 Å². The van der Waals surface area contributed by atoms with Crippen LogP contribution in [0.25, 0.3) is 0 Å². The van der Waals surface area contributed by atoms with E-state index in [2.05, 4.69) is 0 Å². The highest BCUT2D eigenvalue weighted by Gasteiger charge is 2.53. The molecule has 2 amide bonds. The van der Waals surface area contributed by atoms with E-state index in [-0.39, 0.29) is 29.8 Å². The van der Waals surface area contributed by atoms with Gasteiger partial charge in [0.05, 0.1) is 9.77 Å². The maximum absolute atomic E-state index is 13.5. The van der Waals surface area contributed by atoms with Crippen molar-refractivity contribution >= 4 is 33.6 Å². The summed E-state index contributed by atoms with van der Waals surface area (Å²) in [6, 6.07) is 1.59. The number of aryl methyl sites for hydroxylation is 2. The first-order valence-corrected chi connectivity index (χ1v) is 13.2. The topological polar surface area (TPSA) is 78.0 Å². The van der Waals surface area contributed by atoms with Gasteiger partial charge in [0.15, 0.2) is 0 Å². The average Bonchev–Trinajstić information content (AvgIpc) is 3.22. The number of amides is 2. The Morgan fingerprint density at radius 2 is 1.65 bits per heavy atom. The van der Waals surface area contributed by atoms with Crippen molar-refractivity contribution in [1.82, 2.24) is 14.1 Å². The first-order valence-electron chi connectivity index (χ1n) is 10.8. The van der Waals surface area contributed by atoms with Crippen molar-refractivity contribution < 1.29 is 18.0 Å². The van der Waals surface area contributed by atoms with E-state index in [1.807, 2.05) is 40.7 Å². The van der Waals surface area contributed by atoms with E-state index >= 15 is 0 Å². The number of sulfonamides is 1. The van der Waals surface area contributed by atoms with E-state index < -0.39 is 16.1 Å². The average molecular weight is 466 g/mol. The summed E-state index contributed by atoms with van der Waals surface area (Å²) in [7, 11) is -3.64. The molecule has 3 aliphatic heterocycles. The minimum atomic E-state index is -3.64. The number of fused-ring (bicyclic) bond motifs is 1. The molecule has 0 unspecified atom stereocenters. The second kappa shape index (κ2) is 7.78. The van der Waals surface area contributed by atoms with Crippen molar-refractivity contribution in [2.24, 2.45) is 0 Å². The van der Waals surface area contributed by atoms with Gasteiger partial charge in [0, 0.05) is 38.4 Å². The van der Waals surface area contributed by atoms with Gasteiger partial charge >= 0.3 is 0 Å². The number of nitrogens with zero attached hydrogens (tertiary/aromatic N) is 3. The second-order valence-corrected chi connectivity index (χ2v) is 12.5. The van der Waals surface area contributed by atoms with Crippen LogP contribution in [0, 0.1) is 27.7 Å². The van der Waals surface area contributed by atoms with Gasteiger partial charge in [-0.3, -0.25) is 9.59 Å². The Labute approximate surface area is 189 Å². The normalized spacial score (nSPS) is 27.1. The molecule has 0 bridgehead atoms. The van der Waals surface area contributed by atoms with E-state index in [4.69, 9.17) is 0 Å². The number of hydrogen-bond acceptors (Lipinski definition) is 5. The summed E-state index contributed by atoms with van der Waals surface area (Å²) in [4.78, 5) is 29.2. The monoisotopic (exact) mass is 465 g/mol. The van der Waals surface area contributed by atoms with Gasteiger partial charge in [0.25, 0.3) is 0 Å². The predicted molar refractivity (Wildman–Crippen MR) is 121 cm³/mol. The van der Waals surface area contributed by atoms with Crippen molar-refractivity contribution in [3.63, 3.8) is 0 Å². The van der Waals surface area contributed by atoms with Crippen LogP contribution in [0.3, 0.4) is 0 Å². The molecule has 2 atom stereocenters. The Hall–Kier alpha value is -1.58. The zero-order valence-corrected chi connectivity index (χ0v) is 20.5. The number of carbonyl (C=O) groups excluding carboxylic acids is 2. The lowest BCUT2D eigenvalue weighted by atomic mass is 10.0. The van der Waals surface area contributed by atoms with Crippen molar-refractivity contribution in [1.29, 1.82) is 0 Å². The number of thioether (sulfide) groups is 1. The van der Waals surface area contributed by atoms with Crippen LogP contribution in [-0.2, 0) is 19.6 Å². The zero-order valence-electron chi connectivity index (χ0n) is 18.9. The van der Waals surface area contributed by atoms with Crippen molar-refractivity contribution in [2.45, 2.75) is 63.3 Å². The van der Waals surface area contributed by atoms with E-state index in [0.717, 1.165) is 28.7 Å². The Morgan fingerprint density at radius 1 is 1.06 bits per heavy atom. The highest BCUT2D eigenvalue weighted by Crippen LogP contribution is 2.47. The lowest BCUT2D eigenvalue weighted by Gasteiger charge is -2.38. The van der Waals surface area contributed by atoms with E-state index in [1.54, 1.807) is 21.6 Å². The summed E-state index contributed by atoms with van der Waals surface area (Å²) in [5, 5.41) is 0. The van der Waals surface area contributed by atoms with Crippen LogP contribution in [0.1, 0.15) is 42.0 Å². The molecule has 1 aromatic rings. The maximum atomic E-state index is 13.5. The number of hydrogen-bond donors (Lipinski definition) is 0. The smallest absolute Gasteiger partial charge is 0.246 e. The molecule has 7 nitrogen and oxygen atoms in total. The summed E-state index contributed by atoms with van der Waals surface area (Å²) in [6.45, 7) is 10.9. The molecule has 0 aromatic heterocycles. The summed E-state index contributed by atoms with van der Waals surface area (Å²) < 4.78 is 28.4. The highest BCUT2D eigenvalue weighted by molar-refractivity contribution is 8.01. The van der Waals surface area contributed by atoms with E-state index in [1.165, 1.54) is 4.31 Å². The number of piperazine rings is 1. The van der Waals surface area contributed by atoms with Crippen LogP contribution >= 0.6 is 11.8 Å². The highest BCUT2D eigenvalue weighted by atomic mass is 32.2. The molecule has 31 heavy (non-hydrogen) atoms. The predicted octanol–water partition coefficient (Wildman–Crippen LogP) is 2.21. The first kappa shape index (κ1) is 22.6. The Balaban J connectivity index is 1.49. The third-order valence-electron chi connectivity index (χ3n) is 7.18. The van der Waals surface area contributed by atoms with Crippen LogP contribution in [-0.4, -0.2) is 77.2 Å². The fourth-order valence-electron chi connectivity index (χ4n) is 5.06. The van der Waals surface area contributed by atoms with Gasteiger partial charge in [-0.15, -0.1) is 11.8 Å². The molecule has 0 radical (unpaired) electrons. The Morgan fingerprint density at radius 3 is 2.23 bits per heavy atom. The maximum Gasteiger partial charge on any atom is 0.246 e. The van der Waals surface area contributed by atoms with Gasteiger partial charge in [0.1, 0.15) is 6.04 Å². The van der Waals surface area contributed by atoms with Crippen LogP contribution < -0.4 is 0 Å². The molecule has 3 saturated heterocycles. The fraction of sp³-hybridized carbons (Fsp3) is 0.636. The number of carbonyl (C=O) groups is 2. The molecule has 4 rings (SSSR count). The third-order valence-corrected chi connectivity index (χ3v) is 10.9. The van der Waals surface area contributed by atoms with Crippen molar-refractivity contribution in [2.75, 3.05) is 31.9 Å². The minimum Gasteiger partial charge on any atom is -0.338 e. The molecule has 3 heterocycles. The number of rotatable bonds is 3. The molecule has 3 fully saturated rings. The van der Waals surface area contributed by atoms with Crippen LogP contribution in [0.2, 0.25) is 0 Å². The lowest BCUT2D eigenvalue weighted by Crippen LogP contribution is -2.56. The molecule has 1 aromatic carbocycles. The van der Waals surface area contributed by atoms with Gasteiger partial charge < -0.3 is 9.80 Å². The van der Waals surface area contributed by atoms with Gasteiger partial charge in [-0.1, -0.05) is 6.07 Å². The summed E-state index contributed by atoms with van der Waals surface area (Å²) in [5.74, 6) is 0.607. The zero-order chi connectivity index (χ0) is 22.7. The molecule has 0 saturated carbocycles. The minimum absolute atomic E-state index is 0.0489. The first-order chi connectivity index (χ1) is 14.5. The van der Waals surface area contributed by atoms with Gasteiger partial charge in [0.2, 0.25) is 21.8 Å². The summed E-state index contributed by atoms with van der Waals surface area (Å²) in [6.07, 6.45) is 1.27. The van der Waals surface area contributed by atoms with Gasteiger partial charge in [-0.25, -0.2) is 8.42 Å². The van der Waals surface area contributed by atoms with Crippen LogP contribution in [0.4, 0.5) is 0 Å². The molecule has 170 valence electrons. The quantitative estimate of drug-likeness (QED) is 0.684. The molecule has 0 spiro atoms. The van der Waals surface area contributed by atoms with Crippen LogP contribution in [0.5, 0.6) is 0 Å². The number of benzene rings is 1. The molecule has 0 N–H and O–H groups in total. The Kier molecular flexibility index (Phi) is 5.67. The van der Waals surface area contributed by atoms with E-state index in [9.17, 15) is 18.0 Å². The molecular weight excluding hydrogens is 434 g/mol. The lowest BCUT2D eigenvalue weighted by molar-refractivity contribution is -0.144. The van der Waals surface area contributed by atoms with Gasteiger partial charge in [-0.05, 0) is 63.3 Å². The summed E-state index contributed by atoms with van der Waals surface area (Å²) in [5.41, 5.74) is 3.51. The molecule has 0 aliphatic carbocycles. The van der Waals surface area contributed by atoms with Gasteiger partial charge in [-0.2, -0.15) is 4.31 Å². The van der Waals surface area contributed by atoms with Crippen molar-refractivity contribution in [3.05, 3.63) is 28.3 Å².